The zero-order valence-electron chi connectivity index (χ0n) is 29.5. The van der Waals surface area contributed by atoms with E-state index in [2.05, 4.69) is 140 Å². The SMILES string of the molecule is C1=CC2=c3ccc(-c4ccccc4)cc3=C3C=C(c4ccccc4-c4ccccc4-c4nc(-c5ccccc5)nc(-c5ccccc5)n4)C=CC3C2C=C1. The van der Waals surface area contributed by atoms with Crippen molar-refractivity contribution in [1.29, 1.82) is 0 Å². The van der Waals surface area contributed by atoms with E-state index >= 15 is 0 Å². The van der Waals surface area contributed by atoms with Gasteiger partial charge in [0, 0.05) is 28.5 Å². The largest absolute Gasteiger partial charge is 0.208 e. The minimum atomic E-state index is 0.251. The summed E-state index contributed by atoms with van der Waals surface area (Å²) in [6.07, 6.45) is 16.2. The van der Waals surface area contributed by atoms with Crippen molar-refractivity contribution < 1.29 is 0 Å². The molecule has 3 aliphatic rings. The van der Waals surface area contributed by atoms with Crippen molar-refractivity contribution in [1.82, 2.24) is 15.0 Å². The van der Waals surface area contributed by atoms with E-state index in [0.29, 0.717) is 23.4 Å². The van der Waals surface area contributed by atoms with Gasteiger partial charge >= 0.3 is 0 Å². The van der Waals surface area contributed by atoms with E-state index in [1.165, 1.54) is 43.8 Å². The number of allylic oxidation sites excluding steroid dienone is 8. The quantitative estimate of drug-likeness (QED) is 0.174. The van der Waals surface area contributed by atoms with Gasteiger partial charge < -0.3 is 0 Å². The Kier molecular flexibility index (Phi) is 7.96. The molecule has 0 fully saturated rings. The van der Waals surface area contributed by atoms with Crippen LogP contribution < -0.4 is 10.4 Å². The highest BCUT2D eigenvalue weighted by Gasteiger charge is 2.30. The maximum absolute atomic E-state index is 5.11. The molecule has 3 nitrogen and oxygen atoms in total. The third-order valence-corrected chi connectivity index (χ3v) is 10.7. The van der Waals surface area contributed by atoms with Crippen LogP contribution in [0.5, 0.6) is 0 Å². The summed E-state index contributed by atoms with van der Waals surface area (Å²) < 4.78 is 0. The Morgan fingerprint density at radius 2 is 0.889 bits per heavy atom. The molecule has 0 bridgehead atoms. The second kappa shape index (κ2) is 13.5. The molecule has 0 aliphatic heterocycles. The number of fused-ring (bicyclic) bond motifs is 4. The Labute approximate surface area is 315 Å². The molecule has 7 aromatic rings. The van der Waals surface area contributed by atoms with Gasteiger partial charge in [0.1, 0.15) is 0 Å². The summed E-state index contributed by atoms with van der Waals surface area (Å²) in [5.41, 5.74) is 12.6. The fraction of sp³-hybridized carbons (Fsp3) is 0.0392. The van der Waals surface area contributed by atoms with Crippen molar-refractivity contribution in [2.45, 2.75) is 0 Å². The molecule has 1 aromatic heterocycles. The highest BCUT2D eigenvalue weighted by molar-refractivity contribution is 5.96. The molecule has 0 radical (unpaired) electrons. The monoisotopic (exact) mass is 689 g/mol. The number of hydrogen-bond acceptors (Lipinski definition) is 3. The Morgan fingerprint density at radius 3 is 1.56 bits per heavy atom. The molecule has 3 aliphatic carbocycles. The topological polar surface area (TPSA) is 38.7 Å². The molecule has 10 rings (SSSR count). The van der Waals surface area contributed by atoms with Crippen molar-refractivity contribution in [3.05, 3.63) is 216 Å². The molecule has 3 heteroatoms. The molecule has 2 unspecified atom stereocenters. The van der Waals surface area contributed by atoms with Gasteiger partial charge in [-0.2, -0.15) is 0 Å². The van der Waals surface area contributed by atoms with Crippen molar-refractivity contribution >= 4 is 16.7 Å². The molecular weight excluding hydrogens is 655 g/mol. The molecule has 6 aromatic carbocycles. The van der Waals surface area contributed by atoms with Gasteiger partial charge in [0.2, 0.25) is 0 Å². The standard InChI is InChI=1S/C51H35N3/c1-4-16-34(17-5-1)37-28-30-44-41-24-12-13-25-42(41)45-31-29-38(33-48(45)47(44)32-37)39-22-10-11-23-40(39)43-26-14-15-27-46(43)51-53-49(35-18-6-2-7-19-35)52-50(54-51)36-20-8-3-9-21-36/h1-33,42,45H. The fourth-order valence-electron chi connectivity index (χ4n) is 8.16. The van der Waals surface area contributed by atoms with Crippen LogP contribution in [0, 0.1) is 11.8 Å². The van der Waals surface area contributed by atoms with E-state index in [4.69, 9.17) is 15.0 Å². The van der Waals surface area contributed by atoms with Crippen molar-refractivity contribution in [3.63, 3.8) is 0 Å². The maximum Gasteiger partial charge on any atom is 0.164 e. The number of rotatable bonds is 6. The summed E-state index contributed by atoms with van der Waals surface area (Å²) in [5.74, 6) is 2.49. The number of aromatic nitrogens is 3. The van der Waals surface area contributed by atoms with E-state index in [-0.39, 0.29) is 5.92 Å². The van der Waals surface area contributed by atoms with Gasteiger partial charge in [-0.3, -0.25) is 0 Å². The minimum Gasteiger partial charge on any atom is -0.208 e. The van der Waals surface area contributed by atoms with Gasteiger partial charge in [-0.05, 0) is 67.1 Å². The van der Waals surface area contributed by atoms with Gasteiger partial charge in [-0.25, -0.2) is 15.0 Å². The summed E-state index contributed by atoms with van der Waals surface area (Å²) in [4.78, 5) is 15.2. The zero-order valence-corrected chi connectivity index (χ0v) is 29.5. The summed E-state index contributed by atoms with van der Waals surface area (Å²) in [5, 5.41) is 2.62. The molecule has 0 saturated heterocycles. The van der Waals surface area contributed by atoms with Gasteiger partial charge in [-0.15, -0.1) is 0 Å². The van der Waals surface area contributed by atoms with Crippen LogP contribution in [0.1, 0.15) is 5.56 Å². The second-order valence-electron chi connectivity index (χ2n) is 13.9. The van der Waals surface area contributed by atoms with Crippen LogP contribution in [0.4, 0.5) is 0 Å². The average Bonchev–Trinajstić information content (AvgIpc) is 3.27. The first-order valence-corrected chi connectivity index (χ1v) is 18.5. The number of nitrogens with zero attached hydrogens (tertiary/aromatic N) is 3. The lowest BCUT2D eigenvalue weighted by atomic mass is 9.71. The predicted molar refractivity (Wildman–Crippen MR) is 222 cm³/mol. The van der Waals surface area contributed by atoms with Crippen LogP contribution >= 0.6 is 0 Å². The van der Waals surface area contributed by atoms with Crippen molar-refractivity contribution in [2.24, 2.45) is 11.8 Å². The van der Waals surface area contributed by atoms with Gasteiger partial charge in [0.15, 0.2) is 17.5 Å². The molecule has 254 valence electrons. The second-order valence-corrected chi connectivity index (χ2v) is 13.9. The first-order chi connectivity index (χ1) is 26.8. The Bertz CT molecular complexity index is 2750. The third kappa shape index (κ3) is 5.67. The van der Waals surface area contributed by atoms with Gasteiger partial charge in [0.25, 0.3) is 0 Å². The van der Waals surface area contributed by atoms with Crippen LogP contribution in [0.15, 0.2) is 200 Å². The van der Waals surface area contributed by atoms with Crippen LogP contribution in [-0.2, 0) is 0 Å². The lowest BCUT2D eigenvalue weighted by molar-refractivity contribution is 0.695. The van der Waals surface area contributed by atoms with E-state index in [9.17, 15) is 0 Å². The van der Waals surface area contributed by atoms with E-state index < -0.39 is 0 Å². The van der Waals surface area contributed by atoms with Crippen LogP contribution in [0.25, 0.3) is 73.1 Å². The molecule has 1 heterocycles. The van der Waals surface area contributed by atoms with Gasteiger partial charge in [0.05, 0.1) is 0 Å². The smallest absolute Gasteiger partial charge is 0.164 e. The van der Waals surface area contributed by atoms with Gasteiger partial charge in [-0.1, -0.05) is 188 Å². The zero-order chi connectivity index (χ0) is 35.8. The van der Waals surface area contributed by atoms with Crippen LogP contribution in [-0.4, -0.2) is 15.0 Å². The predicted octanol–water partition coefficient (Wildman–Crippen LogP) is 10.5. The maximum atomic E-state index is 5.11. The molecule has 0 N–H and O–H groups in total. The first-order valence-electron chi connectivity index (χ1n) is 18.5. The molecule has 0 amide bonds. The number of benzene rings is 6. The average molecular weight is 690 g/mol. The third-order valence-electron chi connectivity index (χ3n) is 10.7. The van der Waals surface area contributed by atoms with Crippen LogP contribution in [0.2, 0.25) is 0 Å². The number of hydrogen-bond donors (Lipinski definition) is 0. The Morgan fingerprint density at radius 1 is 0.352 bits per heavy atom. The molecular formula is C51H35N3. The molecule has 0 saturated carbocycles. The summed E-state index contributed by atoms with van der Waals surface area (Å²) in [6.45, 7) is 0. The highest BCUT2D eigenvalue weighted by atomic mass is 15.0. The fourth-order valence-corrected chi connectivity index (χ4v) is 8.16. The molecule has 0 spiro atoms. The lowest BCUT2D eigenvalue weighted by Crippen LogP contribution is -2.39. The Balaban J connectivity index is 1.15. The summed E-state index contributed by atoms with van der Waals surface area (Å²) >= 11 is 0. The minimum absolute atomic E-state index is 0.251. The summed E-state index contributed by atoms with van der Waals surface area (Å²) in [7, 11) is 0. The first kappa shape index (κ1) is 31.7. The van der Waals surface area contributed by atoms with Crippen molar-refractivity contribution in [3.8, 4) is 56.4 Å². The van der Waals surface area contributed by atoms with E-state index in [1.807, 2.05) is 60.7 Å². The lowest BCUT2D eigenvalue weighted by Gasteiger charge is -2.33. The Hall–Kier alpha value is -6.97. The molecule has 54 heavy (non-hydrogen) atoms. The molecule has 2 atom stereocenters. The van der Waals surface area contributed by atoms with E-state index in [0.717, 1.165) is 27.8 Å². The normalized spacial score (nSPS) is 16.7. The van der Waals surface area contributed by atoms with Crippen LogP contribution in [0.3, 0.4) is 0 Å². The van der Waals surface area contributed by atoms with E-state index in [1.54, 1.807) is 0 Å². The summed E-state index contributed by atoms with van der Waals surface area (Å²) in [6, 6.07) is 55.2. The highest BCUT2D eigenvalue weighted by Crippen LogP contribution is 2.43. The van der Waals surface area contributed by atoms with Crippen molar-refractivity contribution in [2.75, 3.05) is 0 Å².